The van der Waals surface area contributed by atoms with Gasteiger partial charge in [-0.25, -0.2) is 14.8 Å². The molecule has 2 aromatic heterocycles. The highest BCUT2D eigenvalue weighted by molar-refractivity contribution is 5.97. The van der Waals surface area contributed by atoms with Gasteiger partial charge in [-0.2, -0.15) is 0 Å². The first-order chi connectivity index (χ1) is 14.3. The smallest absolute Gasteiger partial charge is 0.410 e. The summed E-state index contributed by atoms with van der Waals surface area (Å²) in [6.07, 6.45) is 6.46. The van der Waals surface area contributed by atoms with Gasteiger partial charge in [-0.1, -0.05) is 12.1 Å². The molecule has 3 aromatic rings. The summed E-state index contributed by atoms with van der Waals surface area (Å²) in [6.45, 7) is 5.97. The molecular weight excluding hydrogens is 382 g/mol. The lowest BCUT2D eigenvalue weighted by Gasteiger charge is -2.28. The molecule has 0 saturated carbocycles. The van der Waals surface area contributed by atoms with Crippen molar-refractivity contribution in [1.29, 1.82) is 0 Å². The van der Waals surface area contributed by atoms with Crippen LogP contribution in [-0.2, 0) is 9.53 Å². The average molecular weight is 407 g/mol. The molecule has 1 aromatic carbocycles. The number of amides is 2. The van der Waals surface area contributed by atoms with E-state index >= 15 is 0 Å². The predicted octanol–water partition coefficient (Wildman–Crippen LogP) is 3.73. The monoisotopic (exact) mass is 407 g/mol. The topological polar surface area (TPSA) is 88.8 Å². The Bertz CT molecular complexity index is 1040. The zero-order valence-corrected chi connectivity index (χ0v) is 17.3. The molecule has 1 fully saturated rings. The number of benzene rings is 1. The molecule has 0 spiro atoms. The molecule has 8 heteroatoms. The highest BCUT2D eigenvalue weighted by Gasteiger charge is 2.36. The van der Waals surface area contributed by atoms with E-state index in [4.69, 9.17) is 4.74 Å². The Hall–Kier alpha value is -3.42. The fraction of sp³-hybridized carbons (Fsp3) is 0.364. The van der Waals surface area contributed by atoms with E-state index in [1.54, 1.807) is 6.20 Å². The van der Waals surface area contributed by atoms with Gasteiger partial charge in [-0.05, 0) is 51.8 Å². The molecule has 1 atom stereocenters. The van der Waals surface area contributed by atoms with Gasteiger partial charge in [0.05, 0.1) is 5.69 Å². The van der Waals surface area contributed by atoms with E-state index in [1.807, 2.05) is 67.9 Å². The number of hydrogen-bond acceptors (Lipinski definition) is 5. The number of ether oxygens (including phenoxy) is 1. The summed E-state index contributed by atoms with van der Waals surface area (Å²) in [5.74, 6) is 0.427. The Morgan fingerprint density at radius 3 is 2.67 bits per heavy atom. The Morgan fingerprint density at radius 2 is 1.97 bits per heavy atom. The molecule has 1 saturated heterocycles. The first-order valence-electron chi connectivity index (χ1n) is 10.0. The van der Waals surface area contributed by atoms with Gasteiger partial charge in [0, 0.05) is 36.4 Å². The fourth-order valence-electron chi connectivity index (χ4n) is 3.50. The number of likely N-dealkylation sites (tertiary alicyclic amines) is 1. The van der Waals surface area contributed by atoms with Crippen molar-refractivity contribution in [2.45, 2.75) is 45.3 Å². The van der Waals surface area contributed by atoms with Gasteiger partial charge in [0.15, 0.2) is 0 Å². The largest absolute Gasteiger partial charge is 0.444 e. The molecule has 2 amide bonds. The van der Waals surface area contributed by atoms with Gasteiger partial charge in [-0.3, -0.25) is 14.1 Å². The number of rotatable bonds is 3. The van der Waals surface area contributed by atoms with Gasteiger partial charge in [0.1, 0.15) is 11.6 Å². The molecule has 3 heterocycles. The van der Waals surface area contributed by atoms with Crippen LogP contribution in [0.1, 0.15) is 33.6 Å². The van der Waals surface area contributed by atoms with E-state index < -0.39 is 17.7 Å². The quantitative estimate of drug-likeness (QED) is 0.715. The number of imidazole rings is 1. The summed E-state index contributed by atoms with van der Waals surface area (Å²) < 4.78 is 7.29. The molecule has 30 heavy (non-hydrogen) atoms. The molecule has 1 N–H and O–H groups in total. The maximum absolute atomic E-state index is 12.8. The Labute approximate surface area is 174 Å². The number of fused-ring (bicyclic) bond motifs is 1. The third-order valence-electron chi connectivity index (χ3n) is 4.87. The molecule has 0 aliphatic carbocycles. The Kier molecular flexibility index (Phi) is 5.15. The van der Waals surface area contributed by atoms with Crippen molar-refractivity contribution in [2.24, 2.45) is 0 Å². The maximum Gasteiger partial charge on any atom is 0.410 e. The Morgan fingerprint density at radius 1 is 1.20 bits per heavy atom. The van der Waals surface area contributed by atoms with Crippen molar-refractivity contribution < 1.29 is 14.3 Å². The average Bonchev–Trinajstić information content (AvgIpc) is 3.34. The van der Waals surface area contributed by atoms with Gasteiger partial charge < -0.3 is 10.1 Å². The van der Waals surface area contributed by atoms with Crippen LogP contribution in [0.25, 0.3) is 17.0 Å². The summed E-state index contributed by atoms with van der Waals surface area (Å²) in [7, 11) is 0. The third-order valence-corrected chi connectivity index (χ3v) is 4.87. The third kappa shape index (κ3) is 4.27. The van der Waals surface area contributed by atoms with Crippen LogP contribution in [0.15, 0.2) is 48.9 Å². The van der Waals surface area contributed by atoms with Gasteiger partial charge in [-0.15, -0.1) is 0 Å². The molecule has 1 unspecified atom stereocenters. The van der Waals surface area contributed by atoms with Gasteiger partial charge in [0.25, 0.3) is 0 Å². The SMILES string of the molecule is CC(C)(C)OC(=O)N1CCCC1C(=O)Nc1ccc(-c2cn3cccnc3n2)cc1. The van der Waals surface area contributed by atoms with Crippen molar-refractivity contribution >= 4 is 23.5 Å². The van der Waals surface area contributed by atoms with E-state index in [-0.39, 0.29) is 5.91 Å². The normalized spacial score (nSPS) is 16.6. The lowest BCUT2D eigenvalue weighted by Crippen LogP contribution is -2.45. The number of aromatic nitrogens is 3. The minimum absolute atomic E-state index is 0.206. The standard InChI is InChI=1S/C22H25N5O3/c1-22(2,3)30-21(29)27-13-4-6-18(27)19(28)24-16-9-7-15(8-10-16)17-14-26-12-5-11-23-20(26)25-17/h5,7-12,14,18H,4,6,13H2,1-3H3,(H,24,28). The minimum Gasteiger partial charge on any atom is -0.444 e. The summed E-state index contributed by atoms with van der Waals surface area (Å²) in [6, 6.07) is 8.79. The molecule has 1 aliphatic rings. The van der Waals surface area contributed by atoms with Gasteiger partial charge in [0.2, 0.25) is 11.7 Å². The van der Waals surface area contributed by atoms with Crippen LogP contribution in [0, 0.1) is 0 Å². The lowest BCUT2D eigenvalue weighted by atomic mass is 10.1. The van der Waals surface area contributed by atoms with E-state index in [1.165, 1.54) is 4.90 Å². The Balaban J connectivity index is 1.43. The first-order valence-corrected chi connectivity index (χ1v) is 10.0. The van der Waals surface area contributed by atoms with Crippen molar-refractivity contribution in [3.63, 3.8) is 0 Å². The number of nitrogens with zero attached hydrogens (tertiary/aromatic N) is 4. The van der Waals surface area contributed by atoms with E-state index in [2.05, 4.69) is 15.3 Å². The molecule has 156 valence electrons. The van der Waals surface area contributed by atoms with E-state index in [0.29, 0.717) is 24.4 Å². The second-order valence-electron chi connectivity index (χ2n) is 8.35. The maximum atomic E-state index is 12.8. The van der Waals surface area contributed by atoms with Crippen molar-refractivity contribution in [3.05, 3.63) is 48.9 Å². The van der Waals surface area contributed by atoms with Gasteiger partial charge >= 0.3 is 6.09 Å². The zero-order valence-electron chi connectivity index (χ0n) is 17.3. The van der Waals surface area contributed by atoms with E-state index in [9.17, 15) is 9.59 Å². The van der Waals surface area contributed by atoms with E-state index in [0.717, 1.165) is 17.7 Å². The molecule has 0 bridgehead atoms. The highest BCUT2D eigenvalue weighted by Crippen LogP contribution is 2.24. The number of carbonyl (C=O) groups excluding carboxylic acids is 2. The van der Waals surface area contributed by atoms with Crippen LogP contribution in [0.3, 0.4) is 0 Å². The molecule has 0 radical (unpaired) electrons. The summed E-state index contributed by atoms with van der Waals surface area (Å²) in [4.78, 5) is 35.4. The predicted molar refractivity (Wildman–Crippen MR) is 113 cm³/mol. The molecule has 8 nitrogen and oxygen atoms in total. The van der Waals surface area contributed by atoms with Crippen LogP contribution >= 0.6 is 0 Å². The lowest BCUT2D eigenvalue weighted by molar-refractivity contribution is -0.120. The van der Waals surface area contributed by atoms with Crippen LogP contribution in [0.4, 0.5) is 10.5 Å². The second-order valence-corrected chi connectivity index (χ2v) is 8.35. The molecule has 4 rings (SSSR count). The zero-order chi connectivity index (χ0) is 21.3. The molecular formula is C22H25N5O3. The summed E-state index contributed by atoms with van der Waals surface area (Å²) in [5, 5.41) is 2.91. The number of hydrogen-bond donors (Lipinski definition) is 1. The van der Waals surface area contributed by atoms with Crippen LogP contribution < -0.4 is 5.32 Å². The van der Waals surface area contributed by atoms with Crippen LogP contribution in [0.5, 0.6) is 0 Å². The second kappa shape index (κ2) is 7.78. The number of anilines is 1. The van der Waals surface area contributed by atoms with Crippen molar-refractivity contribution in [2.75, 3.05) is 11.9 Å². The fourth-order valence-corrected chi connectivity index (χ4v) is 3.50. The summed E-state index contributed by atoms with van der Waals surface area (Å²) in [5.41, 5.74) is 1.80. The van der Waals surface area contributed by atoms with Crippen molar-refractivity contribution in [3.8, 4) is 11.3 Å². The summed E-state index contributed by atoms with van der Waals surface area (Å²) >= 11 is 0. The number of carbonyl (C=O) groups is 2. The van der Waals surface area contributed by atoms with Crippen LogP contribution in [-0.4, -0.2) is 49.5 Å². The molecule has 1 aliphatic heterocycles. The highest BCUT2D eigenvalue weighted by atomic mass is 16.6. The number of nitrogens with one attached hydrogen (secondary N) is 1. The minimum atomic E-state index is -0.593. The first kappa shape index (κ1) is 19.9. The van der Waals surface area contributed by atoms with Crippen LogP contribution in [0.2, 0.25) is 0 Å². The van der Waals surface area contributed by atoms with Crippen molar-refractivity contribution in [1.82, 2.24) is 19.3 Å².